The van der Waals surface area contributed by atoms with E-state index in [0.29, 0.717) is 36.5 Å². The van der Waals surface area contributed by atoms with Crippen molar-refractivity contribution in [3.05, 3.63) is 35.0 Å². The fourth-order valence-electron chi connectivity index (χ4n) is 3.26. The molecule has 25 heavy (non-hydrogen) atoms. The molecule has 8 nitrogen and oxygen atoms in total. The highest BCUT2D eigenvalue weighted by Crippen LogP contribution is 2.26. The van der Waals surface area contributed by atoms with E-state index in [9.17, 15) is 9.59 Å². The number of hydrogen-bond donors (Lipinski definition) is 1. The molecule has 0 aromatic carbocycles. The van der Waals surface area contributed by atoms with Gasteiger partial charge in [-0.3, -0.25) is 14.3 Å². The normalized spacial score (nSPS) is 16.6. The molecule has 0 saturated carbocycles. The van der Waals surface area contributed by atoms with Crippen molar-refractivity contribution in [3.63, 3.8) is 0 Å². The number of rotatable bonds is 5. The van der Waals surface area contributed by atoms with E-state index in [-0.39, 0.29) is 24.3 Å². The van der Waals surface area contributed by atoms with Gasteiger partial charge in [0, 0.05) is 26.2 Å². The molecule has 134 valence electrons. The summed E-state index contributed by atoms with van der Waals surface area (Å²) in [6.45, 7) is 4.70. The van der Waals surface area contributed by atoms with Crippen molar-refractivity contribution in [2.45, 2.75) is 45.7 Å². The van der Waals surface area contributed by atoms with E-state index in [1.54, 1.807) is 25.1 Å². The molecule has 0 aliphatic carbocycles. The molecule has 0 spiro atoms. The van der Waals surface area contributed by atoms with E-state index in [0.717, 1.165) is 12.1 Å². The lowest BCUT2D eigenvalue weighted by Crippen LogP contribution is -2.43. The summed E-state index contributed by atoms with van der Waals surface area (Å²) in [5, 5.41) is 10.9. The predicted octanol–water partition coefficient (Wildman–Crippen LogP) is 1.47. The Hall–Kier alpha value is -2.64. The second-order valence-electron chi connectivity index (χ2n) is 6.30. The summed E-state index contributed by atoms with van der Waals surface area (Å²) >= 11 is 0. The Morgan fingerprint density at radius 3 is 2.96 bits per heavy atom. The summed E-state index contributed by atoms with van der Waals surface area (Å²) < 4.78 is 7.17. The minimum absolute atomic E-state index is 0.0754. The lowest BCUT2D eigenvalue weighted by Gasteiger charge is -2.33. The third-order valence-electron chi connectivity index (χ3n) is 4.49. The number of nitrogens with one attached hydrogen (secondary N) is 1. The Balaban J connectivity index is 1.87. The van der Waals surface area contributed by atoms with Crippen LogP contribution in [0.1, 0.15) is 53.3 Å². The van der Waals surface area contributed by atoms with Crippen LogP contribution in [-0.2, 0) is 17.8 Å². The van der Waals surface area contributed by atoms with Crippen molar-refractivity contribution in [2.24, 2.45) is 0 Å². The molecule has 0 fully saturated rings. The largest absolute Gasteiger partial charge is 0.360 e. The summed E-state index contributed by atoms with van der Waals surface area (Å²) in [6, 6.07) is 1.70. The zero-order valence-electron chi connectivity index (χ0n) is 14.8. The van der Waals surface area contributed by atoms with Gasteiger partial charge in [-0.15, -0.1) is 0 Å². The average molecular weight is 345 g/mol. The highest BCUT2D eigenvalue weighted by Gasteiger charge is 2.33. The van der Waals surface area contributed by atoms with Crippen LogP contribution in [0.5, 0.6) is 0 Å². The molecular formula is C17H23N5O3. The summed E-state index contributed by atoms with van der Waals surface area (Å²) in [5.41, 5.74) is 2.07. The minimum Gasteiger partial charge on any atom is -0.360 e. The number of fused-ring (bicyclic) bond motifs is 1. The van der Waals surface area contributed by atoms with E-state index >= 15 is 0 Å². The van der Waals surface area contributed by atoms with Gasteiger partial charge in [-0.05, 0) is 19.4 Å². The van der Waals surface area contributed by atoms with Gasteiger partial charge in [0.25, 0.3) is 5.91 Å². The van der Waals surface area contributed by atoms with Crippen molar-refractivity contribution >= 4 is 11.8 Å². The zero-order chi connectivity index (χ0) is 18.0. The van der Waals surface area contributed by atoms with Crippen LogP contribution in [0, 0.1) is 6.92 Å². The van der Waals surface area contributed by atoms with Gasteiger partial charge in [0.15, 0.2) is 0 Å². The van der Waals surface area contributed by atoms with Crippen LogP contribution in [-0.4, -0.2) is 45.2 Å². The summed E-state index contributed by atoms with van der Waals surface area (Å²) in [6.07, 6.45) is 3.53. The van der Waals surface area contributed by atoms with Crippen molar-refractivity contribution in [3.8, 4) is 0 Å². The summed E-state index contributed by atoms with van der Waals surface area (Å²) in [5.74, 6) is 0.456. The van der Waals surface area contributed by atoms with E-state index in [4.69, 9.17) is 4.52 Å². The first-order valence-corrected chi connectivity index (χ1v) is 8.52. The molecule has 1 aliphatic heterocycles. The van der Waals surface area contributed by atoms with Crippen molar-refractivity contribution in [2.75, 3.05) is 13.6 Å². The molecule has 3 heterocycles. The number of hydrogen-bond acceptors (Lipinski definition) is 5. The molecular weight excluding hydrogens is 322 g/mol. The van der Waals surface area contributed by atoms with Gasteiger partial charge >= 0.3 is 0 Å². The molecule has 0 saturated heterocycles. The topological polar surface area (TPSA) is 93.3 Å². The molecule has 1 aliphatic rings. The van der Waals surface area contributed by atoms with Gasteiger partial charge in [0.05, 0.1) is 30.4 Å². The smallest absolute Gasteiger partial charge is 0.259 e. The molecule has 1 N–H and O–H groups in total. The number of aryl methyl sites for hydroxylation is 2. The van der Waals surface area contributed by atoms with Crippen LogP contribution in [0.2, 0.25) is 0 Å². The molecule has 2 amide bonds. The highest BCUT2D eigenvalue weighted by molar-refractivity contribution is 5.96. The third kappa shape index (κ3) is 3.29. The summed E-state index contributed by atoms with van der Waals surface area (Å²) in [4.78, 5) is 26.7. The molecule has 1 atom stereocenters. The van der Waals surface area contributed by atoms with Gasteiger partial charge in [0.1, 0.15) is 11.3 Å². The first-order chi connectivity index (χ1) is 12.0. The van der Waals surface area contributed by atoms with Crippen molar-refractivity contribution < 1.29 is 14.1 Å². The highest BCUT2D eigenvalue weighted by atomic mass is 16.5. The number of aromatic nitrogens is 3. The van der Waals surface area contributed by atoms with Crippen LogP contribution in [0.25, 0.3) is 0 Å². The van der Waals surface area contributed by atoms with Crippen LogP contribution < -0.4 is 5.32 Å². The van der Waals surface area contributed by atoms with E-state index < -0.39 is 0 Å². The maximum atomic E-state index is 13.1. The maximum Gasteiger partial charge on any atom is 0.259 e. The third-order valence-corrected chi connectivity index (χ3v) is 4.49. The predicted molar refractivity (Wildman–Crippen MR) is 89.9 cm³/mol. The zero-order valence-corrected chi connectivity index (χ0v) is 14.8. The second kappa shape index (κ2) is 7.08. The Bertz CT molecular complexity index is 779. The van der Waals surface area contributed by atoms with Crippen LogP contribution in [0.4, 0.5) is 0 Å². The molecule has 0 bridgehead atoms. The fourth-order valence-corrected chi connectivity index (χ4v) is 3.26. The first-order valence-electron chi connectivity index (χ1n) is 8.52. The van der Waals surface area contributed by atoms with Gasteiger partial charge in [-0.25, -0.2) is 0 Å². The number of carbonyl (C=O) groups is 2. The summed E-state index contributed by atoms with van der Waals surface area (Å²) in [7, 11) is 1.61. The Morgan fingerprint density at radius 2 is 2.24 bits per heavy atom. The molecule has 2 aromatic rings. The van der Waals surface area contributed by atoms with E-state index in [1.807, 2.05) is 17.7 Å². The Morgan fingerprint density at radius 1 is 1.44 bits per heavy atom. The van der Waals surface area contributed by atoms with Crippen molar-refractivity contribution in [1.29, 1.82) is 0 Å². The van der Waals surface area contributed by atoms with E-state index in [2.05, 4.69) is 15.6 Å². The molecule has 0 radical (unpaired) electrons. The number of nitrogens with zero attached hydrogens (tertiary/aromatic N) is 4. The standard InChI is InChI=1S/C17H23N5O3/c1-4-5-14-16(11(2)20-25-14)17(24)21-9-12-6-7-19-22(12)13(10-21)8-15(23)18-3/h6-7,13H,4-5,8-10H2,1-3H3,(H,18,23)/t13-/m1/s1. The lowest BCUT2D eigenvalue weighted by molar-refractivity contribution is -0.121. The van der Waals surface area contributed by atoms with E-state index in [1.165, 1.54) is 0 Å². The average Bonchev–Trinajstić information content (AvgIpc) is 3.21. The van der Waals surface area contributed by atoms with Crippen molar-refractivity contribution in [1.82, 2.24) is 25.2 Å². The number of amides is 2. The fraction of sp³-hybridized carbons (Fsp3) is 0.529. The van der Waals surface area contributed by atoms with Crippen LogP contribution >= 0.6 is 0 Å². The van der Waals surface area contributed by atoms with Gasteiger partial charge in [-0.2, -0.15) is 5.10 Å². The SMILES string of the molecule is CCCc1onc(C)c1C(=O)N1Cc2ccnn2[C@H](CC(=O)NC)C1. The molecule has 0 unspecified atom stereocenters. The first kappa shape index (κ1) is 17.2. The Kier molecular flexibility index (Phi) is 4.87. The van der Waals surface area contributed by atoms with Crippen LogP contribution in [0.3, 0.4) is 0 Å². The van der Waals surface area contributed by atoms with Gasteiger partial charge < -0.3 is 14.7 Å². The van der Waals surface area contributed by atoms with Gasteiger partial charge in [0.2, 0.25) is 5.91 Å². The molecule has 3 rings (SSSR count). The molecule has 2 aromatic heterocycles. The second-order valence-corrected chi connectivity index (χ2v) is 6.30. The molecule has 8 heteroatoms. The quantitative estimate of drug-likeness (QED) is 0.885. The maximum absolute atomic E-state index is 13.1. The van der Waals surface area contributed by atoms with Crippen LogP contribution in [0.15, 0.2) is 16.8 Å². The minimum atomic E-state index is -0.183. The van der Waals surface area contributed by atoms with Gasteiger partial charge in [-0.1, -0.05) is 12.1 Å². The monoisotopic (exact) mass is 345 g/mol. The Labute approximate surface area is 146 Å². The lowest BCUT2D eigenvalue weighted by atomic mass is 10.1. The number of carbonyl (C=O) groups excluding carboxylic acids is 2.